The van der Waals surface area contributed by atoms with Gasteiger partial charge in [0, 0.05) is 25.3 Å². The molecule has 1 atom stereocenters. The van der Waals surface area contributed by atoms with Crippen LogP contribution in [-0.2, 0) is 13.2 Å². The second-order valence-electron chi connectivity index (χ2n) is 6.56. The zero-order valence-electron chi connectivity index (χ0n) is 13.9. The molecule has 0 amide bonds. The number of fused-ring (bicyclic) bond motifs is 1. The number of ether oxygens (including phenoxy) is 1. The Labute approximate surface area is 140 Å². The molecule has 0 spiro atoms. The molecule has 3 heterocycles. The van der Waals surface area contributed by atoms with E-state index in [-0.39, 0.29) is 18.5 Å². The van der Waals surface area contributed by atoms with Crippen molar-refractivity contribution in [2.75, 3.05) is 6.54 Å². The van der Waals surface area contributed by atoms with Crippen molar-refractivity contribution in [1.29, 1.82) is 0 Å². The summed E-state index contributed by atoms with van der Waals surface area (Å²) in [7, 11) is 0. The monoisotopic (exact) mass is 331 g/mol. The molecule has 2 aromatic rings. The van der Waals surface area contributed by atoms with Gasteiger partial charge in [-0.15, -0.1) is 10.2 Å². The Balaban J connectivity index is 1.48. The molecule has 0 N–H and O–H groups in total. The highest BCUT2D eigenvalue weighted by Crippen LogP contribution is 2.33. The van der Waals surface area contributed by atoms with Gasteiger partial charge in [0.25, 0.3) is 5.88 Å². The van der Waals surface area contributed by atoms with E-state index in [4.69, 9.17) is 4.74 Å². The Morgan fingerprint density at radius 3 is 2.88 bits per heavy atom. The maximum atomic E-state index is 13.6. The van der Waals surface area contributed by atoms with Crippen LogP contribution in [0.3, 0.4) is 0 Å². The molecule has 1 aliphatic heterocycles. The summed E-state index contributed by atoms with van der Waals surface area (Å²) in [5.41, 5.74) is 0. The van der Waals surface area contributed by atoms with Crippen LogP contribution in [0.15, 0.2) is 18.3 Å². The molecule has 7 heteroatoms. The van der Waals surface area contributed by atoms with Crippen LogP contribution in [0.2, 0.25) is 0 Å². The number of aromatic nitrogens is 4. The summed E-state index contributed by atoms with van der Waals surface area (Å²) in [6.07, 6.45) is 6.74. The minimum Gasteiger partial charge on any atom is -0.467 e. The second kappa shape index (κ2) is 6.47. The molecule has 4 rings (SSSR count). The fourth-order valence-corrected chi connectivity index (χ4v) is 3.91. The average Bonchev–Trinajstić information content (AvgIpc) is 3.24. The van der Waals surface area contributed by atoms with Crippen molar-refractivity contribution in [1.82, 2.24) is 24.6 Å². The highest BCUT2D eigenvalue weighted by atomic mass is 19.1. The van der Waals surface area contributed by atoms with Crippen LogP contribution in [0.25, 0.3) is 0 Å². The van der Waals surface area contributed by atoms with Crippen molar-refractivity contribution in [3.63, 3.8) is 0 Å². The van der Waals surface area contributed by atoms with Gasteiger partial charge in [-0.3, -0.25) is 4.90 Å². The van der Waals surface area contributed by atoms with Gasteiger partial charge in [0.05, 0.1) is 6.04 Å². The third kappa shape index (κ3) is 2.77. The van der Waals surface area contributed by atoms with Crippen molar-refractivity contribution < 1.29 is 9.13 Å². The van der Waals surface area contributed by atoms with Crippen LogP contribution in [0.1, 0.15) is 50.3 Å². The van der Waals surface area contributed by atoms with E-state index in [1.807, 2.05) is 0 Å². The molecule has 1 aliphatic carbocycles. The lowest BCUT2D eigenvalue weighted by Crippen LogP contribution is -2.43. The number of hydrogen-bond donors (Lipinski definition) is 0. The van der Waals surface area contributed by atoms with E-state index >= 15 is 0 Å². The van der Waals surface area contributed by atoms with Gasteiger partial charge >= 0.3 is 0 Å². The largest absolute Gasteiger partial charge is 0.467 e. The molecule has 6 nitrogen and oxygen atoms in total. The maximum absolute atomic E-state index is 13.6. The smallest absolute Gasteiger partial charge is 0.250 e. The van der Waals surface area contributed by atoms with Crippen LogP contribution < -0.4 is 4.74 Å². The van der Waals surface area contributed by atoms with Gasteiger partial charge in [-0.1, -0.05) is 12.8 Å². The maximum Gasteiger partial charge on any atom is 0.250 e. The highest BCUT2D eigenvalue weighted by molar-refractivity contribution is 5.13. The number of hydrogen-bond acceptors (Lipinski definition) is 5. The van der Waals surface area contributed by atoms with E-state index < -0.39 is 5.82 Å². The lowest BCUT2D eigenvalue weighted by Gasteiger charge is -2.37. The Hall–Kier alpha value is -2.02. The quantitative estimate of drug-likeness (QED) is 0.862. The van der Waals surface area contributed by atoms with Gasteiger partial charge in [0.1, 0.15) is 12.4 Å². The van der Waals surface area contributed by atoms with Crippen LogP contribution in [0.4, 0.5) is 4.39 Å². The Morgan fingerprint density at radius 2 is 2.08 bits per heavy atom. The molecule has 24 heavy (non-hydrogen) atoms. The lowest BCUT2D eigenvalue weighted by atomic mass is 10.1. The molecule has 2 aromatic heterocycles. The first-order chi connectivity index (χ1) is 11.7. The van der Waals surface area contributed by atoms with Gasteiger partial charge in [0.15, 0.2) is 11.6 Å². The van der Waals surface area contributed by atoms with E-state index in [0.29, 0.717) is 6.04 Å². The van der Waals surface area contributed by atoms with Crippen LogP contribution in [0.5, 0.6) is 5.88 Å². The van der Waals surface area contributed by atoms with Gasteiger partial charge in [-0.25, -0.2) is 9.37 Å². The minimum atomic E-state index is -0.461. The van der Waals surface area contributed by atoms with E-state index in [1.54, 1.807) is 6.07 Å². The van der Waals surface area contributed by atoms with Gasteiger partial charge < -0.3 is 9.30 Å². The molecule has 2 aliphatic rings. The summed E-state index contributed by atoms with van der Waals surface area (Å²) in [6.45, 7) is 4.23. The highest BCUT2D eigenvalue weighted by Gasteiger charge is 2.33. The molecule has 0 aromatic carbocycles. The Morgan fingerprint density at radius 1 is 1.25 bits per heavy atom. The zero-order chi connectivity index (χ0) is 16.5. The summed E-state index contributed by atoms with van der Waals surface area (Å²) in [6, 6.07) is 3.81. The topological polar surface area (TPSA) is 56.1 Å². The van der Waals surface area contributed by atoms with E-state index in [9.17, 15) is 4.39 Å². The molecular formula is C17H22FN5O. The summed E-state index contributed by atoms with van der Waals surface area (Å²) in [5.74, 6) is 1.25. The third-order valence-electron chi connectivity index (χ3n) is 5.17. The van der Waals surface area contributed by atoms with Crippen LogP contribution in [-0.4, -0.2) is 37.2 Å². The summed E-state index contributed by atoms with van der Waals surface area (Å²) in [5, 5.41) is 8.64. The van der Waals surface area contributed by atoms with E-state index in [2.05, 4.69) is 31.6 Å². The van der Waals surface area contributed by atoms with Crippen molar-refractivity contribution in [3.8, 4) is 5.88 Å². The lowest BCUT2D eigenvalue weighted by molar-refractivity contribution is 0.108. The molecule has 0 saturated heterocycles. The third-order valence-corrected chi connectivity index (χ3v) is 5.17. The van der Waals surface area contributed by atoms with Crippen molar-refractivity contribution in [2.24, 2.45) is 0 Å². The van der Waals surface area contributed by atoms with Crippen molar-refractivity contribution in [2.45, 2.75) is 57.8 Å². The van der Waals surface area contributed by atoms with Crippen LogP contribution in [0, 0.1) is 5.82 Å². The Bertz CT molecular complexity index is 713. The summed E-state index contributed by atoms with van der Waals surface area (Å²) >= 11 is 0. The molecule has 1 saturated carbocycles. The molecule has 128 valence electrons. The molecular weight excluding hydrogens is 309 g/mol. The van der Waals surface area contributed by atoms with Crippen LogP contribution >= 0.6 is 0 Å². The number of rotatable bonds is 4. The van der Waals surface area contributed by atoms with Crippen molar-refractivity contribution >= 4 is 0 Å². The van der Waals surface area contributed by atoms with Gasteiger partial charge in [0.2, 0.25) is 0 Å². The van der Waals surface area contributed by atoms with E-state index in [1.165, 1.54) is 37.9 Å². The fraction of sp³-hybridized carbons (Fsp3) is 0.588. The first-order valence-electron chi connectivity index (χ1n) is 8.65. The summed E-state index contributed by atoms with van der Waals surface area (Å²) < 4.78 is 21.2. The number of halogens is 1. The minimum absolute atomic E-state index is 0.00582. The second-order valence-corrected chi connectivity index (χ2v) is 6.56. The Kier molecular flexibility index (Phi) is 4.18. The predicted molar refractivity (Wildman–Crippen MR) is 85.9 cm³/mol. The van der Waals surface area contributed by atoms with E-state index in [0.717, 1.165) is 24.7 Å². The fourth-order valence-electron chi connectivity index (χ4n) is 3.91. The van der Waals surface area contributed by atoms with Gasteiger partial charge in [-0.2, -0.15) is 0 Å². The number of pyridine rings is 1. The predicted octanol–water partition coefficient (Wildman–Crippen LogP) is 2.71. The average molecular weight is 331 g/mol. The first kappa shape index (κ1) is 15.5. The molecule has 0 radical (unpaired) electrons. The van der Waals surface area contributed by atoms with Crippen molar-refractivity contribution in [3.05, 3.63) is 35.8 Å². The molecule has 0 unspecified atom stereocenters. The SMILES string of the molecule is C[C@H]1c2nnc(COc3ncccc3F)n2CCN1C1CCCC1. The standard InChI is InChI=1S/C17H22FN5O/c1-12-16-21-20-15(11-24-17-14(18)7-4-8-19-17)23(16)10-9-22(12)13-5-2-3-6-13/h4,7-8,12-13H,2-3,5-6,9-11H2,1H3/t12-/m0/s1. The normalized spacial score (nSPS) is 21.8. The molecule has 1 fully saturated rings. The van der Waals surface area contributed by atoms with Gasteiger partial charge in [-0.05, 0) is 31.9 Å². The summed E-state index contributed by atoms with van der Waals surface area (Å²) in [4.78, 5) is 6.46. The number of nitrogens with zero attached hydrogens (tertiary/aromatic N) is 5. The zero-order valence-corrected chi connectivity index (χ0v) is 13.9. The first-order valence-corrected chi connectivity index (χ1v) is 8.65. The molecule has 0 bridgehead atoms.